The SMILES string of the molecule is CCOC(=O)C1CCN(N(Cc2ccccc2)C(Cc2ccccc2)C(=O)OCC)C1. The molecule has 1 fully saturated rings. The monoisotopic (exact) mass is 424 g/mol. The van der Waals surface area contributed by atoms with Gasteiger partial charge in [-0.05, 0) is 31.4 Å². The number of esters is 2. The highest BCUT2D eigenvalue weighted by molar-refractivity contribution is 5.76. The number of rotatable bonds is 10. The van der Waals surface area contributed by atoms with Gasteiger partial charge in [-0.2, -0.15) is 0 Å². The zero-order chi connectivity index (χ0) is 22.1. The van der Waals surface area contributed by atoms with Crippen molar-refractivity contribution in [3.8, 4) is 0 Å². The molecule has 0 N–H and O–H groups in total. The van der Waals surface area contributed by atoms with Crippen LogP contribution in [0.3, 0.4) is 0 Å². The van der Waals surface area contributed by atoms with Gasteiger partial charge in [0.2, 0.25) is 0 Å². The van der Waals surface area contributed by atoms with Gasteiger partial charge in [-0.1, -0.05) is 60.7 Å². The number of carbonyl (C=O) groups is 2. The van der Waals surface area contributed by atoms with Crippen LogP contribution < -0.4 is 0 Å². The molecule has 2 atom stereocenters. The second-order valence-electron chi connectivity index (χ2n) is 7.69. The average molecular weight is 425 g/mol. The number of nitrogens with zero attached hydrogens (tertiary/aromatic N) is 2. The Morgan fingerprint density at radius 1 is 0.968 bits per heavy atom. The summed E-state index contributed by atoms with van der Waals surface area (Å²) in [6, 6.07) is 19.6. The highest BCUT2D eigenvalue weighted by atomic mass is 16.5. The molecule has 166 valence electrons. The first-order valence-electron chi connectivity index (χ1n) is 11.0. The minimum Gasteiger partial charge on any atom is -0.466 e. The van der Waals surface area contributed by atoms with Crippen molar-refractivity contribution in [1.82, 2.24) is 10.0 Å². The number of hydrogen-bond acceptors (Lipinski definition) is 6. The van der Waals surface area contributed by atoms with Crippen LogP contribution in [0, 0.1) is 5.92 Å². The number of carbonyl (C=O) groups excluding carboxylic acids is 2. The first kappa shape index (κ1) is 23.0. The molecule has 2 aromatic carbocycles. The van der Waals surface area contributed by atoms with E-state index in [1.165, 1.54) is 0 Å². The van der Waals surface area contributed by atoms with E-state index in [-0.39, 0.29) is 17.9 Å². The van der Waals surface area contributed by atoms with Gasteiger partial charge in [-0.3, -0.25) is 9.59 Å². The summed E-state index contributed by atoms with van der Waals surface area (Å²) in [5, 5.41) is 4.21. The predicted octanol–water partition coefficient (Wildman–Crippen LogP) is 3.46. The van der Waals surface area contributed by atoms with Crippen LogP contribution in [0.2, 0.25) is 0 Å². The summed E-state index contributed by atoms with van der Waals surface area (Å²) in [4.78, 5) is 25.4. The van der Waals surface area contributed by atoms with E-state index in [9.17, 15) is 9.59 Å². The molecule has 0 saturated carbocycles. The molecule has 31 heavy (non-hydrogen) atoms. The minimum absolute atomic E-state index is 0.166. The first-order chi connectivity index (χ1) is 15.1. The highest BCUT2D eigenvalue weighted by Crippen LogP contribution is 2.25. The van der Waals surface area contributed by atoms with Crippen LogP contribution in [0.1, 0.15) is 31.4 Å². The summed E-state index contributed by atoms with van der Waals surface area (Å²) in [5.41, 5.74) is 2.17. The van der Waals surface area contributed by atoms with Crippen molar-refractivity contribution in [2.45, 2.75) is 39.3 Å². The van der Waals surface area contributed by atoms with E-state index in [0.717, 1.165) is 11.1 Å². The maximum Gasteiger partial charge on any atom is 0.325 e. The Kier molecular flexibility index (Phi) is 8.62. The van der Waals surface area contributed by atoms with E-state index in [2.05, 4.69) is 22.2 Å². The summed E-state index contributed by atoms with van der Waals surface area (Å²) < 4.78 is 10.7. The maximum absolute atomic E-state index is 13.1. The standard InChI is InChI=1S/C25H32N2O4/c1-3-30-24(28)22-15-16-26(19-22)27(18-21-13-9-6-10-14-21)23(25(29)31-4-2)17-20-11-7-5-8-12-20/h5-14,22-23H,3-4,15-19H2,1-2H3. The molecule has 0 bridgehead atoms. The number of hydrogen-bond donors (Lipinski definition) is 0. The van der Waals surface area contributed by atoms with Crippen molar-refractivity contribution in [2.75, 3.05) is 26.3 Å². The minimum atomic E-state index is -0.483. The lowest BCUT2D eigenvalue weighted by molar-refractivity contribution is -0.160. The molecule has 0 amide bonds. The molecule has 1 heterocycles. The van der Waals surface area contributed by atoms with Crippen molar-refractivity contribution in [3.63, 3.8) is 0 Å². The predicted molar refractivity (Wildman–Crippen MR) is 119 cm³/mol. The summed E-state index contributed by atoms with van der Waals surface area (Å²) in [7, 11) is 0. The van der Waals surface area contributed by atoms with Crippen molar-refractivity contribution in [3.05, 3.63) is 71.8 Å². The van der Waals surface area contributed by atoms with E-state index in [0.29, 0.717) is 45.7 Å². The molecule has 0 spiro atoms. The Labute approximate surface area is 184 Å². The second kappa shape index (κ2) is 11.6. The van der Waals surface area contributed by atoms with Crippen molar-refractivity contribution in [1.29, 1.82) is 0 Å². The largest absolute Gasteiger partial charge is 0.466 e. The molecule has 2 unspecified atom stereocenters. The Hall–Kier alpha value is -2.70. The Morgan fingerprint density at radius 3 is 2.19 bits per heavy atom. The lowest BCUT2D eigenvalue weighted by Crippen LogP contribution is -2.52. The normalized spacial score (nSPS) is 17.5. The van der Waals surface area contributed by atoms with Gasteiger partial charge in [0, 0.05) is 26.1 Å². The van der Waals surface area contributed by atoms with Crippen LogP contribution in [-0.2, 0) is 32.0 Å². The topological polar surface area (TPSA) is 59.1 Å². The number of ether oxygens (including phenoxy) is 2. The van der Waals surface area contributed by atoms with Crippen LogP contribution in [-0.4, -0.2) is 54.3 Å². The molecule has 0 radical (unpaired) electrons. The maximum atomic E-state index is 13.1. The van der Waals surface area contributed by atoms with E-state index >= 15 is 0 Å². The molecular weight excluding hydrogens is 392 g/mol. The summed E-state index contributed by atoms with van der Waals surface area (Å²) in [6.07, 6.45) is 1.25. The van der Waals surface area contributed by atoms with E-state index < -0.39 is 6.04 Å². The zero-order valence-corrected chi connectivity index (χ0v) is 18.4. The third kappa shape index (κ3) is 6.39. The average Bonchev–Trinajstić information content (AvgIpc) is 3.28. The summed E-state index contributed by atoms with van der Waals surface area (Å²) in [5.74, 6) is -0.597. The van der Waals surface area contributed by atoms with Crippen LogP contribution in [0.15, 0.2) is 60.7 Å². The molecule has 6 heteroatoms. The lowest BCUT2D eigenvalue weighted by Gasteiger charge is -2.37. The molecule has 3 rings (SSSR count). The smallest absolute Gasteiger partial charge is 0.325 e. The van der Waals surface area contributed by atoms with E-state index in [1.54, 1.807) is 0 Å². The molecule has 1 aliphatic heterocycles. The van der Waals surface area contributed by atoms with Gasteiger partial charge in [0.25, 0.3) is 0 Å². The summed E-state index contributed by atoms with van der Waals surface area (Å²) in [6.45, 7) is 6.15. The van der Waals surface area contributed by atoms with Crippen LogP contribution in [0.4, 0.5) is 0 Å². The molecule has 0 aromatic heterocycles. The third-order valence-electron chi connectivity index (χ3n) is 5.53. The summed E-state index contributed by atoms with van der Waals surface area (Å²) >= 11 is 0. The van der Waals surface area contributed by atoms with Gasteiger partial charge in [-0.25, -0.2) is 10.0 Å². The van der Waals surface area contributed by atoms with Gasteiger partial charge < -0.3 is 9.47 Å². The van der Waals surface area contributed by atoms with E-state index in [4.69, 9.17) is 9.47 Å². The van der Waals surface area contributed by atoms with Crippen molar-refractivity contribution in [2.24, 2.45) is 5.92 Å². The molecule has 2 aromatic rings. The number of hydrazine groups is 1. The van der Waals surface area contributed by atoms with Gasteiger partial charge >= 0.3 is 11.9 Å². The van der Waals surface area contributed by atoms with Crippen molar-refractivity contribution < 1.29 is 19.1 Å². The fraction of sp³-hybridized carbons (Fsp3) is 0.440. The third-order valence-corrected chi connectivity index (χ3v) is 5.53. The molecule has 1 saturated heterocycles. The van der Waals surface area contributed by atoms with Crippen LogP contribution in [0.5, 0.6) is 0 Å². The second-order valence-corrected chi connectivity index (χ2v) is 7.69. The van der Waals surface area contributed by atoms with Gasteiger partial charge in [0.1, 0.15) is 6.04 Å². The van der Waals surface area contributed by atoms with Crippen LogP contribution >= 0.6 is 0 Å². The fourth-order valence-electron chi connectivity index (χ4n) is 3.99. The zero-order valence-electron chi connectivity index (χ0n) is 18.4. The Balaban J connectivity index is 1.87. The molecule has 6 nitrogen and oxygen atoms in total. The molecule has 0 aliphatic carbocycles. The quantitative estimate of drug-likeness (QED) is 0.545. The Morgan fingerprint density at radius 2 is 1.58 bits per heavy atom. The fourth-order valence-corrected chi connectivity index (χ4v) is 3.99. The molecule has 1 aliphatic rings. The van der Waals surface area contributed by atoms with Gasteiger partial charge in [-0.15, -0.1) is 0 Å². The van der Waals surface area contributed by atoms with Crippen molar-refractivity contribution >= 4 is 11.9 Å². The number of benzene rings is 2. The first-order valence-corrected chi connectivity index (χ1v) is 11.0. The Bertz CT molecular complexity index is 828. The highest BCUT2D eigenvalue weighted by Gasteiger charge is 2.38. The van der Waals surface area contributed by atoms with Crippen LogP contribution in [0.25, 0.3) is 0 Å². The van der Waals surface area contributed by atoms with Gasteiger partial charge in [0.05, 0.1) is 19.1 Å². The lowest BCUT2D eigenvalue weighted by atomic mass is 10.0. The van der Waals surface area contributed by atoms with E-state index in [1.807, 2.05) is 62.4 Å². The van der Waals surface area contributed by atoms with Gasteiger partial charge in [0.15, 0.2) is 0 Å². The molecular formula is C25H32N2O4.